The second kappa shape index (κ2) is 8.16. The fourth-order valence-electron chi connectivity index (χ4n) is 3.19. The van der Waals surface area contributed by atoms with E-state index in [0.29, 0.717) is 12.6 Å². The Hall–Kier alpha value is -2.95. The zero-order chi connectivity index (χ0) is 19.4. The van der Waals surface area contributed by atoms with E-state index in [-0.39, 0.29) is 17.8 Å². The number of carbonyl (C=O) groups excluding carboxylic acids is 1. The van der Waals surface area contributed by atoms with Crippen LogP contribution in [0.15, 0.2) is 54.9 Å². The summed E-state index contributed by atoms with van der Waals surface area (Å²) in [5.41, 5.74) is 2.84. The Kier molecular flexibility index (Phi) is 5.69. The van der Waals surface area contributed by atoms with Gasteiger partial charge in [0.15, 0.2) is 0 Å². The number of nitrogens with zero attached hydrogens (tertiary/aromatic N) is 3. The number of ether oxygens (including phenoxy) is 1. The van der Waals surface area contributed by atoms with E-state index in [1.54, 1.807) is 18.5 Å². The molecule has 0 aliphatic heterocycles. The zero-order valence-electron chi connectivity index (χ0n) is 16.2. The second-order valence-corrected chi connectivity index (χ2v) is 6.81. The molecule has 0 N–H and O–H groups in total. The zero-order valence-corrected chi connectivity index (χ0v) is 16.2. The predicted molar refractivity (Wildman–Crippen MR) is 107 cm³/mol. The molecular weight excluding hydrogens is 338 g/mol. The molecule has 1 atom stereocenters. The highest BCUT2D eigenvalue weighted by molar-refractivity contribution is 5.93. The van der Waals surface area contributed by atoms with Gasteiger partial charge in [0.2, 0.25) is 5.95 Å². The van der Waals surface area contributed by atoms with Crippen LogP contribution in [-0.4, -0.2) is 27.1 Å². The number of carbonyl (C=O) groups is 1. The van der Waals surface area contributed by atoms with Crippen LogP contribution in [0, 0.1) is 11.8 Å². The Bertz CT molecular complexity index is 958. The van der Waals surface area contributed by atoms with E-state index in [4.69, 9.17) is 4.74 Å². The van der Waals surface area contributed by atoms with E-state index in [1.807, 2.05) is 36.6 Å². The van der Waals surface area contributed by atoms with Crippen molar-refractivity contribution in [1.82, 2.24) is 14.5 Å². The average molecular weight is 363 g/mol. The molecule has 0 radical (unpaired) electrons. The van der Waals surface area contributed by atoms with E-state index in [0.717, 1.165) is 22.2 Å². The lowest BCUT2D eigenvalue weighted by molar-refractivity contribution is -0.145. The molecule has 5 heteroatoms. The molecule has 0 amide bonds. The summed E-state index contributed by atoms with van der Waals surface area (Å²) in [5.74, 6) is 0.244. The van der Waals surface area contributed by atoms with Gasteiger partial charge in [0.25, 0.3) is 0 Å². The molecule has 2 aromatic heterocycles. The molecule has 3 aromatic rings. The number of allylic oxidation sites excluding steroid dienone is 1. The molecule has 0 aliphatic carbocycles. The molecule has 0 aliphatic rings. The van der Waals surface area contributed by atoms with Gasteiger partial charge in [0.05, 0.1) is 23.7 Å². The minimum Gasteiger partial charge on any atom is -0.466 e. The summed E-state index contributed by atoms with van der Waals surface area (Å²) >= 11 is 0. The van der Waals surface area contributed by atoms with Crippen molar-refractivity contribution in [3.63, 3.8) is 0 Å². The van der Waals surface area contributed by atoms with Crippen molar-refractivity contribution in [3.05, 3.63) is 60.6 Å². The van der Waals surface area contributed by atoms with E-state index < -0.39 is 0 Å². The molecule has 0 saturated heterocycles. The molecule has 2 heterocycles. The van der Waals surface area contributed by atoms with Crippen LogP contribution in [-0.2, 0) is 9.53 Å². The molecule has 0 fully saturated rings. The maximum atomic E-state index is 12.5. The fourth-order valence-corrected chi connectivity index (χ4v) is 3.19. The fraction of sp³-hybridized carbons (Fsp3) is 0.318. The van der Waals surface area contributed by atoms with Crippen LogP contribution in [0.4, 0.5) is 0 Å². The SMILES string of the molecule is CCOC(=O)C(C)/C(=C\C(C)C)c1cc2ccccc2n1-c1ncccn1. The summed E-state index contributed by atoms with van der Waals surface area (Å²) in [6.45, 7) is 8.28. The third-order valence-electron chi connectivity index (χ3n) is 4.38. The van der Waals surface area contributed by atoms with E-state index in [9.17, 15) is 4.79 Å². The van der Waals surface area contributed by atoms with Gasteiger partial charge in [-0.05, 0) is 43.5 Å². The van der Waals surface area contributed by atoms with Crippen LogP contribution in [0.5, 0.6) is 0 Å². The van der Waals surface area contributed by atoms with E-state index in [1.165, 1.54) is 0 Å². The third-order valence-corrected chi connectivity index (χ3v) is 4.38. The third kappa shape index (κ3) is 3.92. The van der Waals surface area contributed by atoms with Gasteiger partial charge in [-0.25, -0.2) is 9.97 Å². The van der Waals surface area contributed by atoms with Crippen molar-refractivity contribution >= 4 is 22.4 Å². The van der Waals surface area contributed by atoms with Gasteiger partial charge in [-0.2, -0.15) is 0 Å². The summed E-state index contributed by atoms with van der Waals surface area (Å²) in [6.07, 6.45) is 5.57. The maximum absolute atomic E-state index is 12.5. The van der Waals surface area contributed by atoms with Crippen LogP contribution in [0.1, 0.15) is 33.4 Å². The van der Waals surface area contributed by atoms with Crippen molar-refractivity contribution in [2.24, 2.45) is 11.8 Å². The smallest absolute Gasteiger partial charge is 0.313 e. The van der Waals surface area contributed by atoms with Gasteiger partial charge in [-0.1, -0.05) is 38.1 Å². The Morgan fingerprint density at radius 3 is 2.52 bits per heavy atom. The maximum Gasteiger partial charge on any atom is 0.313 e. The van der Waals surface area contributed by atoms with Crippen LogP contribution in [0.3, 0.4) is 0 Å². The van der Waals surface area contributed by atoms with Crippen LogP contribution in [0.2, 0.25) is 0 Å². The summed E-state index contributed by atoms with van der Waals surface area (Å²) < 4.78 is 7.30. The number of rotatable bonds is 6. The van der Waals surface area contributed by atoms with Crippen molar-refractivity contribution in [2.45, 2.75) is 27.7 Å². The van der Waals surface area contributed by atoms with Gasteiger partial charge in [0, 0.05) is 17.8 Å². The highest BCUT2D eigenvalue weighted by Crippen LogP contribution is 2.33. The number of hydrogen-bond acceptors (Lipinski definition) is 4. The van der Waals surface area contributed by atoms with Crippen molar-refractivity contribution in [2.75, 3.05) is 6.61 Å². The van der Waals surface area contributed by atoms with Crippen molar-refractivity contribution in [3.8, 4) is 5.95 Å². The highest BCUT2D eigenvalue weighted by atomic mass is 16.5. The van der Waals surface area contributed by atoms with Crippen LogP contribution in [0.25, 0.3) is 22.4 Å². The molecule has 5 nitrogen and oxygen atoms in total. The van der Waals surface area contributed by atoms with Gasteiger partial charge < -0.3 is 4.74 Å². The van der Waals surface area contributed by atoms with Gasteiger partial charge in [-0.3, -0.25) is 9.36 Å². The second-order valence-electron chi connectivity index (χ2n) is 6.81. The number of esters is 1. The quantitative estimate of drug-likeness (QED) is 0.598. The Balaban J connectivity index is 2.25. The minimum atomic E-state index is -0.390. The Morgan fingerprint density at radius 1 is 1.15 bits per heavy atom. The first-order valence-corrected chi connectivity index (χ1v) is 9.29. The first-order valence-electron chi connectivity index (χ1n) is 9.29. The summed E-state index contributed by atoms with van der Waals surface area (Å²) in [4.78, 5) is 21.4. The number of aromatic nitrogens is 3. The molecule has 27 heavy (non-hydrogen) atoms. The lowest BCUT2D eigenvalue weighted by Crippen LogP contribution is -2.18. The average Bonchev–Trinajstić information content (AvgIpc) is 3.05. The van der Waals surface area contributed by atoms with Crippen molar-refractivity contribution in [1.29, 1.82) is 0 Å². The highest BCUT2D eigenvalue weighted by Gasteiger charge is 2.25. The summed E-state index contributed by atoms with van der Waals surface area (Å²) in [5, 5.41) is 1.07. The lowest BCUT2D eigenvalue weighted by Gasteiger charge is -2.18. The number of benzene rings is 1. The summed E-state index contributed by atoms with van der Waals surface area (Å²) in [6, 6.07) is 12.0. The first kappa shape index (κ1) is 18.8. The molecule has 1 aromatic carbocycles. The van der Waals surface area contributed by atoms with Gasteiger partial charge in [0.1, 0.15) is 0 Å². The minimum absolute atomic E-state index is 0.227. The monoisotopic (exact) mass is 363 g/mol. The number of para-hydroxylation sites is 1. The molecule has 0 bridgehead atoms. The molecule has 0 saturated carbocycles. The molecule has 0 spiro atoms. The van der Waals surface area contributed by atoms with Crippen LogP contribution >= 0.6 is 0 Å². The van der Waals surface area contributed by atoms with E-state index in [2.05, 4.69) is 42.0 Å². The van der Waals surface area contributed by atoms with Crippen LogP contribution < -0.4 is 0 Å². The normalized spacial score (nSPS) is 13.1. The standard InChI is InChI=1S/C22H25N3O2/c1-5-27-21(26)16(4)18(13-15(2)3)20-14-17-9-6-7-10-19(17)25(20)22-23-11-8-12-24-22/h6-16H,5H2,1-4H3/b18-13+. The first-order chi connectivity index (χ1) is 13.0. The van der Waals surface area contributed by atoms with E-state index >= 15 is 0 Å². The molecular formula is C22H25N3O2. The topological polar surface area (TPSA) is 57.0 Å². The molecule has 1 unspecified atom stereocenters. The largest absolute Gasteiger partial charge is 0.466 e. The molecule has 140 valence electrons. The Labute approximate surface area is 159 Å². The number of hydrogen-bond donors (Lipinski definition) is 0. The van der Waals surface area contributed by atoms with Gasteiger partial charge in [-0.15, -0.1) is 0 Å². The Morgan fingerprint density at radius 2 is 1.85 bits per heavy atom. The number of fused-ring (bicyclic) bond motifs is 1. The summed E-state index contributed by atoms with van der Waals surface area (Å²) in [7, 11) is 0. The lowest BCUT2D eigenvalue weighted by atomic mass is 9.94. The molecule has 3 rings (SSSR count). The van der Waals surface area contributed by atoms with Gasteiger partial charge >= 0.3 is 5.97 Å². The van der Waals surface area contributed by atoms with Crippen molar-refractivity contribution < 1.29 is 9.53 Å². The predicted octanol–water partition coefficient (Wildman–Crippen LogP) is 4.66.